The first-order valence-corrected chi connectivity index (χ1v) is 15.0. The fourth-order valence-electron chi connectivity index (χ4n) is 4.76. The number of carbonyl (C=O) groups excluding carboxylic acids is 1. The van der Waals surface area contributed by atoms with Gasteiger partial charge in [-0.3, -0.25) is 9.48 Å². The lowest BCUT2D eigenvalue weighted by atomic mass is 9.94. The van der Waals surface area contributed by atoms with E-state index in [1.165, 1.54) is 19.1 Å². The Hall–Kier alpha value is -3.08. The summed E-state index contributed by atoms with van der Waals surface area (Å²) in [5, 5.41) is 13.9. The Balaban J connectivity index is 1.87. The summed E-state index contributed by atoms with van der Waals surface area (Å²) in [6.07, 6.45) is -1.11. The van der Waals surface area contributed by atoms with Gasteiger partial charge in [0.05, 0.1) is 45.3 Å². The van der Waals surface area contributed by atoms with Gasteiger partial charge in [-0.05, 0) is 103 Å². The first kappa shape index (κ1) is 35.4. The third-order valence-corrected chi connectivity index (χ3v) is 7.41. The number of carbonyl (C=O) groups is 1. The van der Waals surface area contributed by atoms with Crippen molar-refractivity contribution >= 4 is 17.6 Å². The van der Waals surface area contributed by atoms with Gasteiger partial charge in [0, 0.05) is 26.1 Å². The van der Waals surface area contributed by atoms with Crippen molar-refractivity contribution < 1.29 is 37.3 Å². The third-order valence-electron chi connectivity index (χ3n) is 7.08. The second-order valence-corrected chi connectivity index (χ2v) is 12.6. The Bertz CT molecular complexity index is 1440. The van der Waals surface area contributed by atoms with Gasteiger partial charge in [-0.1, -0.05) is 17.7 Å². The molecule has 0 atom stereocenters. The number of esters is 1. The van der Waals surface area contributed by atoms with Gasteiger partial charge in [0.15, 0.2) is 5.75 Å². The number of unbranched alkanes of at least 4 members (excludes halogenated alkanes) is 2. The van der Waals surface area contributed by atoms with Crippen LogP contribution in [0, 0.1) is 6.92 Å². The van der Waals surface area contributed by atoms with Gasteiger partial charge >= 0.3 is 12.1 Å². The summed E-state index contributed by atoms with van der Waals surface area (Å²) >= 11 is 5.92. The van der Waals surface area contributed by atoms with Crippen molar-refractivity contribution in [1.29, 1.82) is 0 Å². The van der Waals surface area contributed by atoms with Crippen LogP contribution in [0.4, 0.5) is 13.2 Å². The van der Waals surface area contributed by atoms with E-state index in [1.54, 1.807) is 43.8 Å². The van der Waals surface area contributed by atoms with Crippen LogP contribution in [0.15, 0.2) is 36.4 Å². The molecule has 0 fully saturated rings. The summed E-state index contributed by atoms with van der Waals surface area (Å²) in [5.41, 5.74) is 0.0193. The molecule has 0 unspecified atom stereocenters. The number of halogens is 4. The molecule has 44 heavy (non-hydrogen) atoms. The lowest BCUT2D eigenvalue weighted by molar-refractivity contribution is -0.137. The maximum atomic E-state index is 13.8. The lowest BCUT2D eigenvalue weighted by Crippen LogP contribution is -2.29. The highest BCUT2D eigenvalue weighted by Gasteiger charge is 2.34. The molecule has 0 amide bonds. The van der Waals surface area contributed by atoms with Crippen LogP contribution in [0.2, 0.25) is 5.02 Å². The summed E-state index contributed by atoms with van der Waals surface area (Å²) < 4.78 is 61.0. The highest BCUT2D eigenvalue weighted by molar-refractivity contribution is 6.31. The van der Waals surface area contributed by atoms with Gasteiger partial charge in [0.1, 0.15) is 5.75 Å². The summed E-state index contributed by atoms with van der Waals surface area (Å²) in [6.45, 7) is 11.4. The van der Waals surface area contributed by atoms with Crippen molar-refractivity contribution in [2.24, 2.45) is 7.05 Å². The molecule has 3 aromatic rings. The molecule has 11 heteroatoms. The Morgan fingerprint density at radius 1 is 1.00 bits per heavy atom. The van der Waals surface area contributed by atoms with E-state index in [1.807, 2.05) is 20.8 Å². The van der Waals surface area contributed by atoms with Gasteiger partial charge in [-0.15, -0.1) is 0 Å². The SMILES string of the molecule is CC(=O)Oc1c(-c2cc(C)nn2C)ccc(OCCCCCOC(C)(C)CCC(C)(C)O)c1-c1ccc(Cl)c(C(F)(F)F)c1. The number of aliphatic hydroxyl groups is 1. The zero-order valence-electron chi connectivity index (χ0n) is 26.4. The summed E-state index contributed by atoms with van der Waals surface area (Å²) in [7, 11) is 1.73. The monoisotopic (exact) mass is 638 g/mol. The van der Waals surface area contributed by atoms with Crippen molar-refractivity contribution in [3.05, 3.63) is 52.7 Å². The average molecular weight is 639 g/mol. The van der Waals surface area contributed by atoms with E-state index in [0.717, 1.165) is 25.3 Å². The van der Waals surface area contributed by atoms with Gasteiger partial charge in [-0.25, -0.2) is 0 Å². The molecule has 242 valence electrons. The Kier molecular flexibility index (Phi) is 11.5. The van der Waals surface area contributed by atoms with Gasteiger partial charge in [0.2, 0.25) is 0 Å². The van der Waals surface area contributed by atoms with Crippen LogP contribution in [-0.4, -0.2) is 45.3 Å². The zero-order chi connectivity index (χ0) is 32.9. The number of hydrogen-bond donors (Lipinski definition) is 1. The van der Waals surface area contributed by atoms with Crippen LogP contribution in [-0.2, 0) is 22.8 Å². The topological polar surface area (TPSA) is 82.8 Å². The minimum atomic E-state index is -4.70. The number of aryl methyl sites for hydroxylation is 2. The van der Waals surface area contributed by atoms with Crippen LogP contribution >= 0.6 is 11.6 Å². The normalized spacial score (nSPS) is 12.5. The fraction of sp³-hybridized carbons (Fsp3) is 0.515. The first-order valence-electron chi connectivity index (χ1n) is 14.6. The van der Waals surface area contributed by atoms with E-state index in [9.17, 15) is 23.1 Å². The maximum Gasteiger partial charge on any atom is 0.417 e. The van der Waals surface area contributed by atoms with Gasteiger partial charge < -0.3 is 19.3 Å². The van der Waals surface area contributed by atoms with Crippen LogP contribution < -0.4 is 9.47 Å². The van der Waals surface area contributed by atoms with Crippen LogP contribution in [0.5, 0.6) is 11.5 Å². The van der Waals surface area contributed by atoms with Crippen LogP contribution in [0.1, 0.15) is 78.0 Å². The van der Waals surface area contributed by atoms with E-state index < -0.39 is 28.3 Å². The van der Waals surface area contributed by atoms with E-state index in [0.29, 0.717) is 36.4 Å². The quantitative estimate of drug-likeness (QED) is 0.108. The minimum absolute atomic E-state index is 0.0649. The second kappa shape index (κ2) is 14.3. The van der Waals surface area contributed by atoms with Gasteiger partial charge in [-0.2, -0.15) is 18.3 Å². The molecule has 0 saturated heterocycles. The molecule has 1 N–H and O–H groups in total. The summed E-state index contributed by atoms with van der Waals surface area (Å²) in [4.78, 5) is 12.3. The second-order valence-electron chi connectivity index (χ2n) is 12.2. The lowest BCUT2D eigenvalue weighted by Gasteiger charge is -2.28. The van der Waals surface area contributed by atoms with E-state index in [2.05, 4.69) is 5.10 Å². The number of benzene rings is 2. The molecule has 0 radical (unpaired) electrons. The Labute approximate surface area is 262 Å². The van der Waals surface area contributed by atoms with Crippen LogP contribution in [0.3, 0.4) is 0 Å². The Morgan fingerprint density at radius 2 is 1.68 bits per heavy atom. The smallest absolute Gasteiger partial charge is 0.417 e. The molecular formula is C33H42ClF3N2O5. The molecule has 0 spiro atoms. The van der Waals surface area contributed by atoms with E-state index in [4.69, 9.17) is 25.8 Å². The molecule has 7 nitrogen and oxygen atoms in total. The number of nitrogens with zero attached hydrogens (tertiary/aromatic N) is 2. The van der Waals surface area contributed by atoms with Crippen LogP contribution in [0.25, 0.3) is 22.4 Å². The standard InChI is InChI=1S/C33H42ClF3N2O5/c1-21-19-27(39(7)38-21)24-12-14-28(42-17-9-8-10-18-43-32(5,6)16-15-31(3,4)41)29(30(24)44-22(2)40)23-11-13-26(34)25(20-23)33(35,36)37/h11-14,19-20,41H,8-10,15-18H2,1-7H3. The maximum absolute atomic E-state index is 13.8. The Morgan fingerprint density at radius 3 is 2.27 bits per heavy atom. The molecule has 0 aliphatic rings. The van der Waals surface area contributed by atoms with Crippen molar-refractivity contribution in [2.45, 2.75) is 91.0 Å². The number of alkyl halides is 3. The fourth-order valence-corrected chi connectivity index (χ4v) is 4.99. The minimum Gasteiger partial charge on any atom is -0.493 e. The van der Waals surface area contributed by atoms with Crippen molar-refractivity contribution in [3.8, 4) is 33.9 Å². The number of ether oxygens (including phenoxy) is 3. The van der Waals surface area contributed by atoms with E-state index in [-0.39, 0.29) is 34.8 Å². The largest absolute Gasteiger partial charge is 0.493 e. The van der Waals surface area contributed by atoms with Crippen molar-refractivity contribution in [1.82, 2.24) is 9.78 Å². The first-order chi connectivity index (χ1) is 20.4. The number of rotatable bonds is 14. The molecule has 0 bridgehead atoms. The molecule has 0 aliphatic heterocycles. The predicted octanol–water partition coefficient (Wildman–Crippen LogP) is 8.56. The predicted molar refractivity (Wildman–Crippen MR) is 165 cm³/mol. The molecule has 0 saturated carbocycles. The third kappa shape index (κ3) is 9.97. The van der Waals surface area contributed by atoms with Crippen molar-refractivity contribution in [3.63, 3.8) is 0 Å². The summed E-state index contributed by atoms with van der Waals surface area (Å²) in [5.74, 6) is -0.308. The van der Waals surface area contributed by atoms with Gasteiger partial charge in [0.25, 0.3) is 0 Å². The molecule has 0 aliphatic carbocycles. The van der Waals surface area contributed by atoms with E-state index >= 15 is 0 Å². The van der Waals surface area contributed by atoms with Crippen molar-refractivity contribution in [2.75, 3.05) is 13.2 Å². The molecule has 1 heterocycles. The zero-order valence-corrected chi connectivity index (χ0v) is 27.2. The highest BCUT2D eigenvalue weighted by Crippen LogP contribution is 2.47. The number of hydrogen-bond acceptors (Lipinski definition) is 6. The molecule has 2 aromatic carbocycles. The molecule has 1 aromatic heterocycles. The number of aromatic nitrogens is 2. The summed E-state index contributed by atoms with van der Waals surface area (Å²) in [6, 6.07) is 8.72. The highest BCUT2D eigenvalue weighted by atomic mass is 35.5. The molecular weight excluding hydrogens is 597 g/mol. The average Bonchev–Trinajstić information content (AvgIpc) is 3.23. The molecule has 3 rings (SSSR count).